The summed E-state index contributed by atoms with van der Waals surface area (Å²) in [6.45, 7) is 4.52. The minimum atomic E-state index is -0.798. The first-order chi connectivity index (χ1) is 10.1. The van der Waals surface area contributed by atoms with Crippen LogP contribution in [0.4, 0.5) is 0 Å². The number of fused-ring (bicyclic) bond motifs is 1. The van der Waals surface area contributed by atoms with E-state index in [-0.39, 0.29) is 12.7 Å². The Bertz CT molecular complexity index is 569. The van der Waals surface area contributed by atoms with Crippen LogP contribution in [-0.4, -0.2) is 31.4 Å². The Labute approximate surface area is 122 Å². The lowest BCUT2D eigenvalue weighted by atomic mass is 10.2. The van der Waals surface area contributed by atoms with Gasteiger partial charge >= 0.3 is 11.8 Å². The lowest BCUT2D eigenvalue weighted by Gasteiger charge is -2.05. The number of nitrogens with zero attached hydrogens (tertiary/aromatic N) is 1. The van der Waals surface area contributed by atoms with E-state index in [2.05, 4.69) is 15.8 Å². The number of hydrazone groups is 1. The van der Waals surface area contributed by atoms with E-state index in [9.17, 15) is 9.59 Å². The average Bonchev–Trinajstić information content (AvgIpc) is 2.92. The summed E-state index contributed by atoms with van der Waals surface area (Å²) in [6.07, 6.45) is 1.43. The molecular formula is C14H17N3O4. The van der Waals surface area contributed by atoms with E-state index in [0.717, 1.165) is 5.56 Å². The third-order valence-electron chi connectivity index (χ3n) is 2.65. The van der Waals surface area contributed by atoms with Gasteiger partial charge in [0.25, 0.3) is 0 Å². The Kier molecular flexibility index (Phi) is 4.76. The SMILES string of the molecule is CC(C)CNC(=O)C(=O)N/N=C/c1ccc2c(c1)OCO2. The normalized spacial score (nSPS) is 12.7. The maximum atomic E-state index is 11.5. The van der Waals surface area contributed by atoms with Gasteiger partial charge in [0, 0.05) is 6.54 Å². The number of amides is 2. The fourth-order valence-electron chi connectivity index (χ4n) is 1.59. The first-order valence-electron chi connectivity index (χ1n) is 6.57. The van der Waals surface area contributed by atoms with Gasteiger partial charge in [-0.2, -0.15) is 5.10 Å². The van der Waals surface area contributed by atoms with E-state index in [1.807, 2.05) is 13.8 Å². The third-order valence-corrected chi connectivity index (χ3v) is 2.65. The van der Waals surface area contributed by atoms with Crippen molar-refractivity contribution in [3.05, 3.63) is 23.8 Å². The summed E-state index contributed by atoms with van der Waals surface area (Å²) in [5.41, 5.74) is 2.89. The van der Waals surface area contributed by atoms with Gasteiger partial charge in [-0.15, -0.1) is 0 Å². The van der Waals surface area contributed by atoms with Gasteiger partial charge in [-0.3, -0.25) is 9.59 Å². The number of carbonyl (C=O) groups excluding carboxylic acids is 2. The summed E-state index contributed by atoms with van der Waals surface area (Å²) in [4.78, 5) is 22.9. The van der Waals surface area contributed by atoms with Crippen molar-refractivity contribution in [2.24, 2.45) is 11.0 Å². The van der Waals surface area contributed by atoms with Crippen LogP contribution >= 0.6 is 0 Å². The van der Waals surface area contributed by atoms with Gasteiger partial charge in [0.1, 0.15) is 0 Å². The Morgan fingerprint density at radius 3 is 2.81 bits per heavy atom. The molecule has 7 heteroatoms. The van der Waals surface area contributed by atoms with Crippen molar-refractivity contribution < 1.29 is 19.1 Å². The van der Waals surface area contributed by atoms with Gasteiger partial charge < -0.3 is 14.8 Å². The highest BCUT2D eigenvalue weighted by atomic mass is 16.7. The monoisotopic (exact) mass is 291 g/mol. The van der Waals surface area contributed by atoms with Crippen LogP contribution < -0.4 is 20.2 Å². The Morgan fingerprint density at radius 2 is 2.05 bits per heavy atom. The molecule has 1 aliphatic rings. The molecule has 0 fully saturated rings. The molecule has 0 saturated carbocycles. The molecule has 0 aliphatic carbocycles. The number of nitrogens with one attached hydrogen (secondary N) is 2. The molecular weight excluding hydrogens is 274 g/mol. The van der Waals surface area contributed by atoms with Gasteiger partial charge in [-0.05, 0) is 29.7 Å². The molecule has 0 bridgehead atoms. The van der Waals surface area contributed by atoms with E-state index in [1.54, 1.807) is 18.2 Å². The van der Waals surface area contributed by atoms with E-state index >= 15 is 0 Å². The predicted molar refractivity (Wildman–Crippen MR) is 76.1 cm³/mol. The molecule has 1 aliphatic heterocycles. The molecule has 0 atom stereocenters. The first kappa shape index (κ1) is 14.8. The maximum Gasteiger partial charge on any atom is 0.329 e. The van der Waals surface area contributed by atoms with Crippen LogP contribution in [0.5, 0.6) is 11.5 Å². The summed E-state index contributed by atoms with van der Waals surface area (Å²) in [5.74, 6) is 0.0715. The van der Waals surface area contributed by atoms with Crippen molar-refractivity contribution in [1.29, 1.82) is 0 Å². The summed E-state index contributed by atoms with van der Waals surface area (Å²) < 4.78 is 10.4. The topological polar surface area (TPSA) is 89.0 Å². The number of ether oxygens (including phenoxy) is 2. The van der Waals surface area contributed by atoms with Crippen molar-refractivity contribution >= 4 is 18.0 Å². The highest BCUT2D eigenvalue weighted by molar-refractivity contribution is 6.35. The standard InChI is InChI=1S/C14H17N3O4/c1-9(2)6-15-13(18)14(19)17-16-7-10-3-4-11-12(5-10)21-8-20-11/h3-5,7,9H,6,8H2,1-2H3,(H,15,18)(H,17,19)/b16-7+. The molecule has 0 spiro atoms. The lowest BCUT2D eigenvalue weighted by Crippen LogP contribution is -2.39. The molecule has 2 amide bonds. The second-order valence-electron chi connectivity index (χ2n) is 4.92. The fraction of sp³-hybridized carbons (Fsp3) is 0.357. The number of rotatable bonds is 4. The zero-order chi connectivity index (χ0) is 15.2. The van der Waals surface area contributed by atoms with Crippen LogP contribution in [0.15, 0.2) is 23.3 Å². The maximum absolute atomic E-state index is 11.5. The van der Waals surface area contributed by atoms with Crippen LogP contribution in [0.25, 0.3) is 0 Å². The smallest absolute Gasteiger partial charge is 0.329 e. The van der Waals surface area contributed by atoms with Crippen LogP contribution in [0.2, 0.25) is 0 Å². The van der Waals surface area contributed by atoms with Crippen molar-refractivity contribution in [2.45, 2.75) is 13.8 Å². The van der Waals surface area contributed by atoms with Crippen LogP contribution in [-0.2, 0) is 9.59 Å². The number of hydrogen-bond acceptors (Lipinski definition) is 5. The highest BCUT2D eigenvalue weighted by Gasteiger charge is 2.13. The van der Waals surface area contributed by atoms with Gasteiger partial charge in [0.15, 0.2) is 11.5 Å². The Hall–Kier alpha value is -2.57. The lowest BCUT2D eigenvalue weighted by molar-refractivity contribution is -0.139. The molecule has 0 radical (unpaired) electrons. The fourth-order valence-corrected chi connectivity index (χ4v) is 1.59. The van der Waals surface area contributed by atoms with Gasteiger partial charge in [0.2, 0.25) is 6.79 Å². The summed E-state index contributed by atoms with van der Waals surface area (Å²) in [5, 5.41) is 6.24. The summed E-state index contributed by atoms with van der Waals surface area (Å²) >= 11 is 0. The molecule has 21 heavy (non-hydrogen) atoms. The van der Waals surface area contributed by atoms with Gasteiger partial charge in [-0.1, -0.05) is 13.8 Å². The Balaban J connectivity index is 1.84. The van der Waals surface area contributed by atoms with Crippen molar-refractivity contribution in [3.63, 3.8) is 0 Å². The molecule has 1 aromatic carbocycles. The second kappa shape index (κ2) is 6.74. The van der Waals surface area contributed by atoms with Crippen molar-refractivity contribution in [3.8, 4) is 11.5 Å². The summed E-state index contributed by atoms with van der Waals surface area (Å²) in [6, 6.07) is 5.25. The molecule has 2 N–H and O–H groups in total. The van der Waals surface area contributed by atoms with Gasteiger partial charge in [-0.25, -0.2) is 5.43 Å². The van der Waals surface area contributed by atoms with E-state index in [1.165, 1.54) is 6.21 Å². The molecule has 2 rings (SSSR count). The number of benzene rings is 1. The minimum absolute atomic E-state index is 0.197. The quantitative estimate of drug-likeness (QED) is 0.484. The highest BCUT2D eigenvalue weighted by Crippen LogP contribution is 2.31. The number of carbonyl (C=O) groups is 2. The van der Waals surface area contributed by atoms with Crippen molar-refractivity contribution in [2.75, 3.05) is 13.3 Å². The summed E-state index contributed by atoms with van der Waals surface area (Å²) in [7, 11) is 0. The molecule has 112 valence electrons. The number of hydrogen-bond donors (Lipinski definition) is 2. The van der Waals surface area contributed by atoms with E-state index < -0.39 is 11.8 Å². The van der Waals surface area contributed by atoms with Gasteiger partial charge in [0.05, 0.1) is 6.21 Å². The molecule has 0 aromatic heterocycles. The van der Waals surface area contributed by atoms with Crippen LogP contribution in [0, 0.1) is 5.92 Å². The first-order valence-corrected chi connectivity index (χ1v) is 6.57. The Morgan fingerprint density at radius 1 is 1.29 bits per heavy atom. The van der Waals surface area contributed by atoms with Crippen molar-refractivity contribution in [1.82, 2.24) is 10.7 Å². The molecule has 1 heterocycles. The molecule has 0 saturated heterocycles. The van der Waals surface area contributed by atoms with E-state index in [4.69, 9.17) is 9.47 Å². The van der Waals surface area contributed by atoms with E-state index in [0.29, 0.717) is 18.0 Å². The average molecular weight is 291 g/mol. The predicted octanol–water partition coefficient (Wildman–Crippen LogP) is 0.638. The molecule has 0 unspecified atom stereocenters. The molecule has 1 aromatic rings. The zero-order valence-electron chi connectivity index (χ0n) is 11.9. The largest absolute Gasteiger partial charge is 0.454 e. The van der Waals surface area contributed by atoms with Crippen LogP contribution in [0.1, 0.15) is 19.4 Å². The third kappa shape index (κ3) is 4.20. The molecule has 7 nitrogen and oxygen atoms in total. The van der Waals surface area contributed by atoms with Crippen LogP contribution in [0.3, 0.4) is 0 Å². The zero-order valence-corrected chi connectivity index (χ0v) is 11.9. The minimum Gasteiger partial charge on any atom is -0.454 e. The second-order valence-corrected chi connectivity index (χ2v) is 4.92.